The molecular weight excluding hydrogens is 457 g/mol. The van der Waals surface area contributed by atoms with Crippen molar-refractivity contribution in [1.29, 1.82) is 0 Å². The third-order valence-corrected chi connectivity index (χ3v) is 3.88. The summed E-state index contributed by atoms with van der Waals surface area (Å²) in [5, 5.41) is 6.59. The van der Waals surface area contributed by atoms with Gasteiger partial charge in [0.2, 0.25) is 0 Å². The van der Waals surface area contributed by atoms with Crippen LogP contribution in [0, 0.1) is 0 Å². The van der Waals surface area contributed by atoms with Gasteiger partial charge in [0.1, 0.15) is 5.75 Å². The molecule has 0 aliphatic heterocycles. The normalized spacial score (nSPS) is 10.6. The van der Waals surface area contributed by atoms with E-state index < -0.39 is 0 Å². The summed E-state index contributed by atoms with van der Waals surface area (Å²) in [6.45, 7) is 3.89. The van der Waals surface area contributed by atoms with E-state index in [0.29, 0.717) is 24.6 Å². The number of nitrogens with one attached hydrogen (secondary N) is 2. The Bertz CT molecular complexity index is 738. The Hall–Kier alpha value is -2.16. The highest BCUT2D eigenvalue weighted by molar-refractivity contribution is 14.0. The van der Waals surface area contributed by atoms with Crippen LogP contribution in [0.2, 0.25) is 0 Å². The number of rotatable bonds is 8. The molecule has 0 amide bonds. The largest absolute Gasteiger partial charge is 0.496 e. The first-order valence-electron chi connectivity index (χ1n) is 8.57. The fourth-order valence-electron chi connectivity index (χ4n) is 2.61. The fourth-order valence-corrected chi connectivity index (χ4v) is 2.61. The number of guanidine groups is 1. The highest BCUT2D eigenvalue weighted by Crippen LogP contribution is 2.31. The van der Waals surface area contributed by atoms with Crippen LogP contribution in [-0.4, -0.2) is 33.8 Å². The first-order chi connectivity index (χ1) is 12.7. The Morgan fingerprint density at radius 3 is 2.19 bits per heavy atom. The lowest BCUT2D eigenvalue weighted by atomic mass is 10.2. The lowest BCUT2D eigenvalue weighted by Gasteiger charge is -2.14. The van der Waals surface area contributed by atoms with Crippen molar-refractivity contribution in [1.82, 2.24) is 10.6 Å². The predicted octanol–water partition coefficient (Wildman–Crippen LogP) is 3.59. The van der Waals surface area contributed by atoms with Gasteiger partial charge in [-0.2, -0.15) is 0 Å². The number of para-hydroxylation sites is 2. The van der Waals surface area contributed by atoms with E-state index in [4.69, 9.17) is 14.2 Å². The second-order valence-corrected chi connectivity index (χ2v) is 5.51. The zero-order chi connectivity index (χ0) is 18.8. The molecule has 0 aliphatic carbocycles. The van der Waals surface area contributed by atoms with Crippen LogP contribution in [0.5, 0.6) is 17.2 Å². The van der Waals surface area contributed by atoms with E-state index in [1.54, 1.807) is 21.3 Å². The third-order valence-electron chi connectivity index (χ3n) is 3.88. The second kappa shape index (κ2) is 12.3. The molecule has 2 rings (SSSR count). The van der Waals surface area contributed by atoms with E-state index in [0.717, 1.165) is 29.4 Å². The highest BCUT2D eigenvalue weighted by Gasteiger charge is 2.09. The van der Waals surface area contributed by atoms with Crippen LogP contribution in [0.3, 0.4) is 0 Å². The standard InChI is InChI=1S/C20H27N3O3.HI/c1-5-21-20(22-13-15-9-6-7-11-17(15)24-2)23-14-16-10-8-12-18(25-3)19(16)26-4;/h6-12H,5,13-14H2,1-4H3,(H2,21,22,23);1H. The van der Waals surface area contributed by atoms with Gasteiger partial charge in [0.05, 0.1) is 27.9 Å². The van der Waals surface area contributed by atoms with Gasteiger partial charge in [-0.25, -0.2) is 4.99 Å². The molecule has 0 fully saturated rings. The van der Waals surface area contributed by atoms with Gasteiger partial charge in [0, 0.05) is 24.2 Å². The molecule has 2 aromatic rings. The summed E-state index contributed by atoms with van der Waals surface area (Å²) in [5.74, 6) is 2.99. The molecule has 7 heteroatoms. The Labute approximate surface area is 178 Å². The van der Waals surface area contributed by atoms with Gasteiger partial charge in [-0.3, -0.25) is 0 Å². The average molecular weight is 485 g/mol. The summed E-state index contributed by atoms with van der Waals surface area (Å²) in [7, 11) is 4.94. The molecule has 0 unspecified atom stereocenters. The zero-order valence-corrected chi connectivity index (χ0v) is 18.6. The molecular formula is C20H28IN3O3. The Kier molecular flexibility index (Phi) is 10.4. The molecule has 2 aromatic carbocycles. The Balaban J connectivity index is 0.00000364. The van der Waals surface area contributed by atoms with Gasteiger partial charge >= 0.3 is 0 Å². The highest BCUT2D eigenvalue weighted by atomic mass is 127. The zero-order valence-electron chi connectivity index (χ0n) is 16.2. The van der Waals surface area contributed by atoms with Crippen molar-refractivity contribution in [3.8, 4) is 17.2 Å². The van der Waals surface area contributed by atoms with Crippen molar-refractivity contribution in [2.45, 2.75) is 20.0 Å². The number of aliphatic imine (C=N–C) groups is 1. The van der Waals surface area contributed by atoms with E-state index >= 15 is 0 Å². The minimum absolute atomic E-state index is 0. The molecule has 0 radical (unpaired) electrons. The summed E-state index contributed by atoms with van der Waals surface area (Å²) in [4.78, 5) is 4.66. The molecule has 0 spiro atoms. The maximum absolute atomic E-state index is 5.47. The Morgan fingerprint density at radius 1 is 0.852 bits per heavy atom. The fraction of sp³-hybridized carbons (Fsp3) is 0.350. The van der Waals surface area contributed by atoms with E-state index in [9.17, 15) is 0 Å². The smallest absolute Gasteiger partial charge is 0.191 e. The van der Waals surface area contributed by atoms with Crippen LogP contribution < -0.4 is 24.8 Å². The molecule has 0 heterocycles. The molecule has 27 heavy (non-hydrogen) atoms. The average Bonchev–Trinajstić information content (AvgIpc) is 2.69. The van der Waals surface area contributed by atoms with Crippen molar-refractivity contribution in [3.63, 3.8) is 0 Å². The molecule has 0 saturated heterocycles. The van der Waals surface area contributed by atoms with Crippen LogP contribution in [0.1, 0.15) is 18.1 Å². The molecule has 0 atom stereocenters. The van der Waals surface area contributed by atoms with Crippen LogP contribution in [0.15, 0.2) is 47.5 Å². The van der Waals surface area contributed by atoms with E-state index in [2.05, 4.69) is 15.6 Å². The van der Waals surface area contributed by atoms with Gasteiger partial charge in [0.15, 0.2) is 17.5 Å². The summed E-state index contributed by atoms with van der Waals surface area (Å²) in [6, 6.07) is 13.7. The number of hydrogen-bond donors (Lipinski definition) is 2. The molecule has 6 nitrogen and oxygen atoms in total. The number of hydrogen-bond acceptors (Lipinski definition) is 4. The van der Waals surface area contributed by atoms with Crippen LogP contribution in [-0.2, 0) is 13.1 Å². The number of methoxy groups -OCH3 is 3. The van der Waals surface area contributed by atoms with E-state index in [1.807, 2.05) is 49.4 Å². The number of ether oxygens (including phenoxy) is 3. The number of benzene rings is 2. The first-order valence-corrected chi connectivity index (χ1v) is 8.57. The summed E-state index contributed by atoms with van der Waals surface area (Å²) in [5.41, 5.74) is 2.03. The van der Waals surface area contributed by atoms with Crippen molar-refractivity contribution >= 4 is 29.9 Å². The molecule has 0 bridgehead atoms. The van der Waals surface area contributed by atoms with Crippen LogP contribution in [0.25, 0.3) is 0 Å². The molecule has 2 N–H and O–H groups in total. The van der Waals surface area contributed by atoms with Crippen molar-refractivity contribution in [2.24, 2.45) is 4.99 Å². The summed E-state index contributed by atoms with van der Waals surface area (Å²) >= 11 is 0. The van der Waals surface area contributed by atoms with Gasteiger partial charge in [-0.1, -0.05) is 30.3 Å². The van der Waals surface area contributed by atoms with Crippen molar-refractivity contribution in [3.05, 3.63) is 53.6 Å². The van der Waals surface area contributed by atoms with Gasteiger partial charge in [0.25, 0.3) is 0 Å². The van der Waals surface area contributed by atoms with Crippen LogP contribution >= 0.6 is 24.0 Å². The Morgan fingerprint density at radius 2 is 1.52 bits per heavy atom. The molecule has 0 saturated carbocycles. The van der Waals surface area contributed by atoms with Gasteiger partial charge in [-0.15, -0.1) is 24.0 Å². The monoisotopic (exact) mass is 485 g/mol. The van der Waals surface area contributed by atoms with E-state index in [-0.39, 0.29) is 24.0 Å². The van der Waals surface area contributed by atoms with Crippen LogP contribution in [0.4, 0.5) is 0 Å². The third kappa shape index (κ3) is 6.50. The molecule has 0 aromatic heterocycles. The second-order valence-electron chi connectivity index (χ2n) is 5.51. The maximum Gasteiger partial charge on any atom is 0.191 e. The quantitative estimate of drug-likeness (QED) is 0.340. The lowest BCUT2D eigenvalue weighted by molar-refractivity contribution is 0.352. The number of nitrogens with zero attached hydrogens (tertiary/aromatic N) is 1. The molecule has 0 aliphatic rings. The van der Waals surface area contributed by atoms with Gasteiger partial charge < -0.3 is 24.8 Å². The maximum atomic E-state index is 5.47. The topological polar surface area (TPSA) is 64.1 Å². The number of halogens is 1. The lowest BCUT2D eigenvalue weighted by Crippen LogP contribution is -2.36. The van der Waals surface area contributed by atoms with E-state index in [1.165, 1.54) is 0 Å². The van der Waals surface area contributed by atoms with Crippen molar-refractivity contribution < 1.29 is 14.2 Å². The molecule has 148 valence electrons. The summed E-state index contributed by atoms with van der Waals surface area (Å²) in [6.07, 6.45) is 0. The first kappa shape index (κ1) is 22.9. The van der Waals surface area contributed by atoms with Crippen molar-refractivity contribution in [2.75, 3.05) is 27.9 Å². The SMILES string of the molecule is CCNC(=NCc1cccc(OC)c1OC)NCc1ccccc1OC.I. The van der Waals surface area contributed by atoms with Gasteiger partial charge in [-0.05, 0) is 19.1 Å². The minimum Gasteiger partial charge on any atom is -0.496 e. The summed E-state index contributed by atoms with van der Waals surface area (Å²) < 4.78 is 16.2. The predicted molar refractivity (Wildman–Crippen MR) is 120 cm³/mol. The minimum atomic E-state index is 0.